The van der Waals surface area contributed by atoms with Crippen LogP contribution in [-0.2, 0) is 14.8 Å². The van der Waals surface area contributed by atoms with Gasteiger partial charge in [0, 0.05) is 23.6 Å². The summed E-state index contributed by atoms with van der Waals surface area (Å²) < 4.78 is 31.0. The maximum absolute atomic E-state index is 13.1. The number of methoxy groups -OCH3 is 1. The van der Waals surface area contributed by atoms with Crippen LogP contribution in [0.1, 0.15) is 6.42 Å². The van der Waals surface area contributed by atoms with Crippen LogP contribution in [0, 0.1) is 5.92 Å². The van der Waals surface area contributed by atoms with Crippen molar-refractivity contribution in [2.45, 2.75) is 11.2 Å². The van der Waals surface area contributed by atoms with Gasteiger partial charge in [-0.3, -0.25) is 9.10 Å². The van der Waals surface area contributed by atoms with Gasteiger partial charge in [0.1, 0.15) is 0 Å². The third-order valence-corrected chi connectivity index (χ3v) is 7.69. The largest absolute Gasteiger partial charge is 0.481 e. The van der Waals surface area contributed by atoms with Crippen molar-refractivity contribution in [1.82, 2.24) is 4.98 Å². The van der Waals surface area contributed by atoms with E-state index in [1.165, 1.54) is 17.6 Å². The molecule has 9 heteroatoms. The molecule has 2 fully saturated rings. The van der Waals surface area contributed by atoms with Gasteiger partial charge in [-0.15, -0.1) is 0 Å². The number of nitrogens with zero attached hydrogens (tertiary/aromatic N) is 2. The zero-order chi connectivity index (χ0) is 18.5. The molecule has 1 saturated carbocycles. The fourth-order valence-electron chi connectivity index (χ4n) is 3.39. The monoisotopic (exact) mass is 393 g/mol. The summed E-state index contributed by atoms with van der Waals surface area (Å²) in [6.07, 6.45) is 1.76. The summed E-state index contributed by atoms with van der Waals surface area (Å²) in [5.41, 5.74) is 0.941. The molecule has 1 aliphatic carbocycles. The second kappa shape index (κ2) is 5.85. The van der Waals surface area contributed by atoms with Crippen molar-refractivity contribution in [3.8, 4) is 5.88 Å². The first-order chi connectivity index (χ1) is 12.4. The predicted molar refractivity (Wildman–Crippen MR) is 98.0 cm³/mol. The van der Waals surface area contributed by atoms with Crippen molar-refractivity contribution in [1.29, 1.82) is 0 Å². The van der Waals surface area contributed by atoms with Crippen molar-refractivity contribution in [3.05, 3.63) is 47.6 Å². The van der Waals surface area contributed by atoms with E-state index in [9.17, 15) is 13.2 Å². The third kappa shape index (κ3) is 2.44. The number of ether oxygens (including phenoxy) is 1. The number of hydrogen-bond donors (Lipinski definition) is 1. The van der Waals surface area contributed by atoms with Gasteiger partial charge in [-0.25, -0.2) is 13.4 Å². The number of anilines is 2. The molecule has 0 unspecified atom stereocenters. The molecule has 2 aliphatic rings. The maximum atomic E-state index is 13.1. The van der Waals surface area contributed by atoms with Gasteiger partial charge in [-0.2, -0.15) is 0 Å². The van der Waals surface area contributed by atoms with Crippen molar-refractivity contribution >= 4 is 38.9 Å². The van der Waals surface area contributed by atoms with Crippen LogP contribution in [0.4, 0.5) is 11.4 Å². The Balaban J connectivity index is 1.58. The van der Waals surface area contributed by atoms with E-state index in [2.05, 4.69) is 10.3 Å². The lowest BCUT2D eigenvalue weighted by molar-refractivity contribution is -0.116. The molecule has 1 N–H and O–H groups in total. The molecule has 1 aromatic carbocycles. The second-order valence-electron chi connectivity index (χ2n) is 6.35. The fraction of sp³-hybridized carbons (Fsp3) is 0.294. The third-order valence-electron chi connectivity index (χ3n) is 4.89. The lowest BCUT2D eigenvalue weighted by atomic mass is 10.2. The van der Waals surface area contributed by atoms with Gasteiger partial charge in [0.2, 0.25) is 21.8 Å². The normalized spacial score (nSPS) is 25.5. The molecule has 1 amide bonds. The van der Waals surface area contributed by atoms with E-state index in [4.69, 9.17) is 16.3 Å². The summed E-state index contributed by atoms with van der Waals surface area (Å²) in [6.45, 7) is 0.290. The van der Waals surface area contributed by atoms with Crippen molar-refractivity contribution < 1.29 is 17.9 Å². The van der Waals surface area contributed by atoms with E-state index >= 15 is 0 Å². The standard InChI is InChI=1S/C17H16ClN3O4S/c1-25-15-7-4-13(9-19-15)20-16(22)17-8-11(17)10-21(26(17,23)24)14-5-2-12(18)3-6-14/h2-7,9,11H,8,10H2,1H3,(H,20,22)/t11-,17-/m0/s1. The van der Waals surface area contributed by atoms with Crippen LogP contribution in [0.25, 0.3) is 0 Å². The molecule has 1 aliphatic heterocycles. The molecule has 1 saturated heterocycles. The number of fused-ring (bicyclic) bond motifs is 1. The summed E-state index contributed by atoms with van der Waals surface area (Å²) in [6, 6.07) is 9.77. The van der Waals surface area contributed by atoms with Crippen LogP contribution in [0.3, 0.4) is 0 Å². The van der Waals surface area contributed by atoms with E-state index in [1.54, 1.807) is 36.4 Å². The Hall–Kier alpha value is -2.32. The second-order valence-corrected chi connectivity index (χ2v) is 8.90. The van der Waals surface area contributed by atoms with Crippen molar-refractivity contribution in [2.24, 2.45) is 5.92 Å². The van der Waals surface area contributed by atoms with E-state index in [0.717, 1.165) is 0 Å². The number of nitrogens with one attached hydrogen (secondary N) is 1. The fourth-order valence-corrected chi connectivity index (χ4v) is 5.88. The van der Waals surface area contributed by atoms with Gasteiger partial charge < -0.3 is 10.1 Å². The van der Waals surface area contributed by atoms with Crippen LogP contribution in [0.15, 0.2) is 42.6 Å². The first-order valence-corrected chi connectivity index (χ1v) is 9.79. The number of carbonyl (C=O) groups excluding carboxylic acids is 1. The molecule has 1 aromatic heterocycles. The Bertz CT molecular complexity index is 963. The smallest absolute Gasteiger partial charge is 0.250 e. The molecule has 4 rings (SSSR count). The highest BCUT2D eigenvalue weighted by atomic mass is 35.5. The van der Waals surface area contributed by atoms with Crippen LogP contribution in [-0.4, -0.2) is 37.7 Å². The highest BCUT2D eigenvalue weighted by molar-refractivity contribution is 7.95. The SMILES string of the molecule is COc1ccc(NC(=O)[C@]23C[C@H]2CN(c2ccc(Cl)cc2)S3(=O)=O)cn1. The number of pyridine rings is 1. The highest BCUT2D eigenvalue weighted by Gasteiger charge is 2.75. The van der Waals surface area contributed by atoms with Crippen LogP contribution >= 0.6 is 11.6 Å². The lowest BCUT2D eigenvalue weighted by Crippen LogP contribution is -2.42. The van der Waals surface area contributed by atoms with Gasteiger partial charge >= 0.3 is 0 Å². The molecular weight excluding hydrogens is 378 g/mol. The molecule has 0 radical (unpaired) electrons. The molecule has 2 aromatic rings. The summed E-state index contributed by atoms with van der Waals surface area (Å²) in [4.78, 5) is 16.8. The zero-order valence-corrected chi connectivity index (χ0v) is 15.4. The number of amides is 1. The minimum atomic E-state index is -3.82. The highest BCUT2D eigenvalue weighted by Crippen LogP contribution is 2.58. The Kier molecular flexibility index (Phi) is 3.85. The average molecular weight is 394 g/mol. The predicted octanol–water partition coefficient (Wildman–Crippen LogP) is 2.29. The lowest BCUT2D eigenvalue weighted by Gasteiger charge is -2.23. The first-order valence-electron chi connectivity index (χ1n) is 7.98. The van der Waals surface area contributed by atoms with Gasteiger partial charge in [-0.05, 0) is 36.8 Å². The number of benzene rings is 1. The van der Waals surface area contributed by atoms with Crippen molar-refractivity contribution in [3.63, 3.8) is 0 Å². The van der Waals surface area contributed by atoms with Gasteiger partial charge in [0.15, 0.2) is 4.75 Å². The number of rotatable bonds is 4. The summed E-state index contributed by atoms with van der Waals surface area (Å²) >= 11 is 5.87. The zero-order valence-electron chi connectivity index (χ0n) is 13.8. The van der Waals surface area contributed by atoms with Crippen LogP contribution in [0.2, 0.25) is 5.02 Å². The Morgan fingerprint density at radius 2 is 2.04 bits per heavy atom. The Morgan fingerprint density at radius 1 is 1.31 bits per heavy atom. The molecular formula is C17H16ClN3O4S. The van der Waals surface area contributed by atoms with Gasteiger partial charge in [0.25, 0.3) is 0 Å². The molecule has 7 nitrogen and oxygen atoms in total. The van der Waals surface area contributed by atoms with E-state index < -0.39 is 20.7 Å². The van der Waals surface area contributed by atoms with Gasteiger partial charge in [-0.1, -0.05) is 11.6 Å². The molecule has 0 spiro atoms. The number of aromatic nitrogens is 1. The maximum Gasteiger partial charge on any atom is 0.250 e. The molecule has 0 bridgehead atoms. The molecule has 2 heterocycles. The molecule has 26 heavy (non-hydrogen) atoms. The van der Waals surface area contributed by atoms with Crippen LogP contribution < -0.4 is 14.4 Å². The number of sulfonamides is 1. The van der Waals surface area contributed by atoms with Crippen molar-refractivity contribution in [2.75, 3.05) is 23.3 Å². The summed E-state index contributed by atoms with van der Waals surface area (Å²) in [5, 5.41) is 3.19. The average Bonchev–Trinajstić information content (AvgIpc) is 3.32. The quantitative estimate of drug-likeness (QED) is 0.860. The van der Waals surface area contributed by atoms with E-state index in [1.807, 2.05) is 0 Å². The summed E-state index contributed by atoms with van der Waals surface area (Å²) in [7, 11) is -2.33. The van der Waals surface area contributed by atoms with Crippen LogP contribution in [0.5, 0.6) is 5.88 Å². The Labute approximate surface area is 156 Å². The Morgan fingerprint density at radius 3 is 2.65 bits per heavy atom. The topological polar surface area (TPSA) is 88.6 Å². The minimum Gasteiger partial charge on any atom is -0.481 e. The number of carbonyl (C=O) groups is 1. The summed E-state index contributed by atoms with van der Waals surface area (Å²) in [5.74, 6) is -0.340. The first kappa shape index (κ1) is 17.1. The molecule has 2 atom stereocenters. The van der Waals surface area contributed by atoms with Gasteiger partial charge in [0.05, 0.1) is 24.7 Å². The van der Waals surface area contributed by atoms with E-state index in [0.29, 0.717) is 28.7 Å². The minimum absolute atomic E-state index is 0.227. The molecule has 136 valence electrons. The number of hydrogen-bond acceptors (Lipinski definition) is 5. The number of halogens is 1. The van der Waals surface area contributed by atoms with E-state index in [-0.39, 0.29) is 12.5 Å².